The minimum absolute atomic E-state index is 0.0421. The molecule has 0 saturated heterocycles. The zero-order valence-electron chi connectivity index (χ0n) is 23.5. The molecule has 0 bridgehead atoms. The molecule has 2 atom stereocenters. The number of primary amides is 1. The SMILES string of the molecule is CC(C)(C)c1ccc(-n2nc(-c3cccnc3)cc2CCCCC(=O)N[C@@H](CC2C=CC(O)=CC2)C(N)=O)cc1. The number of aromatic nitrogens is 3. The van der Waals surface area contributed by atoms with Crippen LogP contribution in [0, 0.1) is 5.92 Å². The van der Waals surface area contributed by atoms with Gasteiger partial charge in [-0.3, -0.25) is 14.6 Å². The van der Waals surface area contributed by atoms with Crippen LogP contribution in [0.3, 0.4) is 0 Å². The lowest BCUT2D eigenvalue weighted by atomic mass is 9.87. The minimum Gasteiger partial charge on any atom is -0.508 e. The highest BCUT2D eigenvalue weighted by molar-refractivity contribution is 5.86. The van der Waals surface area contributed by atoms with Gasteiger partial charge in [0.15, 0.2) is 0 Å². The van der Waals surface area contributed by atoms with Crippen LogP contribution in [0.25, 0.3) is 16.9 Å². The van der Waals surface area contributed by atoms with E-state index < -0.39 is 11.9 Å². The molecule has 1 aliphatic carbocycles. The van der Waals surface area contributed by atoms with Gasteiger partial charge in [-0.2, -0.15) is 5.10 Å². The van der Waals surface area contributed by atoms with Gasteiger partial charge in [0.25, 0.3) is 0 Å². The molecular formula is C32H39N5O3. The van der Waals surface area contributed by atoms with Gasteiger partial charge in [0.2, 0.25) is 11.8 Å². The summed E-state index contributed by atoms with van der Waals surface area (Å²) >= 11 is 0. The number of benzene rings is 1. The molecule has 40 heavy (non-hydrogen) atoms. The number of amides is 2. The van der Waals surface area contributed by atoms with E-state index in [2.05, 4.69) is 61.4 Å². The van der Waals surface area contributed by atoms with Crippen molar-refractivity contribution in [1.29, 1.82) is 0 Å². The Labute approximate surface area is 236 Å². The molecule has 0 radical (unpaired) electrons. The first-order chi connectivity index (χ1) is 19.1. The van der Waals surface area contributed by atoms with Crippen LogP contribution in [0.2, 0.25) is 0 Å². The highest BCUT2D eigenvalue weighted by atomic mass is 16.3. The predicted molar refractivity (Wildman–Crippen MR) is 157 cm³/mol. The molecule has 3 aromatic rings. The fourth-order valence-electron chi connectivity index (χ4n) is 4.81. The quantitative estimate of drug-likeness (QED) is 0.284. The number of pyridine rings is 1. The number of aliphatic hydroxyl groups excluding tert-OH is 1. The molecule has 0 aliphatic heterocycles. The Hall–Kier alpha value is -4.20. The number of carbonyl (C=O) groups excluding carboxylic acids is 2. The van der Waals surface area contributed by atoms with Crippen LogP contribution in [-0.2, 0) is 21.4 Å². The van der Waals surface area contributed by atoms with Gasteiger partial charge in [0.05, 0.1) is 11.4 Å². The summed E-state index contributed by atoms with van der Waals surface area (Å²) in [6.45, 7) is 6.58. The average molecular weight is 542 g/mol. The lowest BCUT2D eigenvalue weighted by Crippen LogP contribution is -2.45. The van der Waals surface area contributed by atoms with E-state index in [-0.39, 0.29) is 23.0 Å². The third kappa shape index (κ3) is 7.68. The van der Waals surface area contributed by atoms with E-state index in [1.807, 2.05) is 22.9 Å². The number of nitrogens with one attached hydrogen (secondary N) is 1. The number of unbranched alkanes of at least 4 members (excludes halogenated alkanes) is 1. The van der Waals surface area contributed by atoms with Crippen molar-refractivity contribution in [3.8, 4) is 16.9 Å². The van der Waals surface area contributed by atoms with Crippen LogP contribution in [0.5, 0.6) is 0 Å². The number of hydrogen-bond donors (Lipinski definition) is 3. The Balaban J connectivity index is 1.38. The highest BCUT2D eigenvalue weighted by Gasteiger charge is 2.22. The fraction of sp³-hybridized carbons (Fsp3) is 0.375. The Morgan fingerprint density at radius 1 is 1.18 bits per heavy atom. The summed E-state index contributed by atoms with van der Waals surface area (Å²) in [7, 11) is 0. The number of carbonyl (C=O) groups is 2. The molecular weight excluding hydrogens is 502 g/mol. The number of allylic oxidation sites excluding steroid dienone is 3. The number of aliphatic hydroxyl groups is 1. The van der Waals surface area contributed by atoms with E-state index in [0.717, 1.165) is 35.5 Å². The maximum atomic E-state index is 12.6. The molecule has 8 nitrogen and oxygen atoms in total. The number of rotatable bonds is 11. The first kappa shape index (κ1) is 28.8. The zero-order chi connectivity index (χ0) is 28.7. The van der Waals surface area contributed by atoms with Crippen LogP contribution in [-0.4, -0.2) is 37.7 Å². The predicted octanol–water partition coefficient (Wildman–Crippen LogP) is 5.32. The van der Waals surface area contributed by atoms with Crippen molar-refractivity contribution in [3.05, 3.63) is 90.1 Å². The molecule has 0 spiro atoms. The topological polar surface area (TPSA) is 123 Å². The minimum atomic E-state index is -0.740. The van der Waals surface area contributed by atoms with Gasteiger partial charge >= 0.3 is 0 Å². The highest BCUT2D eigenvalue weighted by Crippen LogP contribution is 2.26. The summed E-state index contributed by atoms with van der Waals surface area (Å²) in [5.41, 5.74) is 10.7. The van der Waals surface area contributed by atoms with E-state index in [1.165, 1.54) is 5.56 Å². The fourth-order valence-corrected chi connectivity index (χ4v) is 4.81. The van der Waals surface area contributed by atoms with Crippen LogP contribution in [0.1, 0.15) is 64.1 Å². The molecule has 2 heterocycles. The summed E-state index contributed by atoms with van der Waals surface area (Å²) in [4.78, 5) is 28.8. The van der Waals surface area contributed by atoms with Crippen molar-refractivity contribution in [2.24, 2.45) is 11.7 Å². The number of hydrogen-bond acceptors (Lipinski definition) is 5. The van der Waals surface area contributed by atoms with E-state index in [0.29, 0.717) is 25.7 Å². The first-order valence-corrected chi connectivity index (χ1v) is 13.9. The molecule has 1 aromatic carbocycles. The van der Waals surface area contributed by atoms with Gasteiger partial charge in [-0.1, -0.05) is 39.0 Å². The van der Waals surface area contributed by atoms with E-state index >= 15 is 0 Å². The summed E-state index contributed by atoms with van der Waals surface area (Å²) in [5, 5.41) is 17.2. The molecule has 8 heteroatoms. The monoisotopic (exact) mass is 541 g/mol. The summed E-state index contributed by atoms with van der Waals surface area (Å²) in [5.74, 6) is -0.485. The van der Waals surface area contributed by atoms with Crippen LogP contribution < -0.4 is 11.1 Å². The molecule has 0 fully saturated rings. The van der Waals surface area contributed by atoms with Gasteiger partial charge in [0.1, 0.15) is 11.8 Å². The Morgan fingerprint density at radius 3 is 2.58 bits per heavy atom. The molecule has 2 aromatic heterocycles. The van der Waals surface area contributed by atoms with E-state index in [9.17, 15) is 14.7 Å². The third-order valence-electron chi connectivity index (χ3n) is 7.19. The molecule has 1 aliphatic rings. The van der Waals surface area contributed by atoms with Gasteiger partial charge in [-0.15, -0.1) is 0 Å². The smallest absolute Gasteiger partial charge is 0.240 e. The van der Waals surface area contributed by atoms with Crippen molar-refractivity contribution in [2.75, 3.05) is 0 Å². The lowest BCUT2D eigenvalue weighted by molar-refractivity contribution is -0.127. The second-order valence-corrected chi connectivity index (χ2v) is 11.4. The first-order valence-electron chi connectivity index (χ1n) is 13.9. The second kappa shape index (κ2) is 12.8. The van der Waals surface area contributed by atoms with Gasteiger partial charge in [-0.25, -0.2) is 4.68 Å². The zero-order valence-corrected chi connectivity index (χ0v) is 23.5. The Kier molecular flexibility index (Phi) is 9.19. The summed E-state index contributed by atoms with van der Waals surface area (Å²) in [6.07, 6.45) is 12.2. The molecule has 2 amide bonds. The van der Waals surface area contributed by atoms with Gasteiger partial charge in [-0.05, 0) is 91.5 Å². The van der Waals surface area contributed by atoms with E-state index in [4.69, 9.17) is 10.8 Å². The maximum Gasteiger partial charge on any atom is 0.240 e. The van der Waals surface area contributed by atoms with Crippen molar-refractivity contribution >= 4 is 11.8 Å². The van der Waals surface area contributed by atoms with Crippen molar-refractivity contribution < 1.29 is 14.7 Å². The third-order valence-corrected chi connectivity index (χ3v) is 7.19. The molecule has 1 unspecified atom stereocenters. The van der Waals surface area contributed by atoms with Crippen LogP contribution >= 0.6 is 0 Å². The number of nitrogens with two attached hydrogens (primary N) is 1. The average Bonchev–Trinajstić information content (AvgIpc) is 3.36. The summed E-state index contributed by atoms with van der Waals surface area (Å²) < 4.78 is 1.97. The standard InChI is InChI=1S/C32H39N5O3/c1-32(2,3)24-12-14-25(15-13-24)37-26(20-28(36-37)23-7-6-18-34-21-23)8-4-5-9-30(39)35-29(31(33)40)19-22-10-16-27(38)17-11-22/h6-7,10,12-18,20-22,29,38H,4-5,8-9,11,19H2,1-3H3,(H2,33,40)(H,35,39)/t22?,29-/m0/s1. The van der Waals surface area contributed by atoms with Crippen LogP contribution in [0.4, 0.5) is 0 Å². The van der Waals surface area contributed by atoms with E-state index in [1.54, 1.807) is 24.5 Å². The van der Waals surface area contributed by atoms with Crippen LogP contribution in [0.15, 0.2) is 78.8 Å². The Bertz CT molecular complexity index is 1370. The lowest BCUT2D eigenvalue weighted by Gasteiger charge is -2.21. The Morgan fingerprint density at radius 2 is 1.95 bits per heavy atom. The maximum absolute atomic E-state index is 12.6. The number of nitrogens with zero attached hydrogens (tertiary/aromatic N) is 3. The van der Waals surface area contributed by atoms with Crippen molar-refractivity contribution in [1.82, 2.24) is 20.1 Å². The van der Waals surface area contributed by atoms with Crippen molar-refractivity contribution in [2.45, 2.75) is 70.8 Å². The largest absolute Gasteiger partial charge is 0.508 e. The normalized spacial score (nSPS) is 15.9. The van der Waals surface area contributed by atoms with Gasteiger partial charge < -0.3 is 16.2 Å². The number of aryl methyl sites for hydroxylation is 1. The molecule has 210 valence electrons. The molecule has 4 N–H and O–H groups in total. The van der Waals surface area contributed by atoms with Gasteiger partial charge in [0, 0.05) is 30.1 Å². The summed E-state index contributed by atoms with van der Waals surface area (Å²) in [6, 6.07) is 13.7. The second-order valence-electron chi connectivity index (χ2n) is 11.4. The molecule has 0 saturated carbocycles. The molecule has 4 rings (SSSR count). The van der Waals surface area contributed by atoms with Crippen molar-refractivity contribution in [3.63, 3.8) is 0 Å².